The molecule has 3 heteroatoms. The molecule has 0 aromatic carbocycles. The van der Waals surface area contributed by atoms with E-state index in [1.54, 1.807) is 18.4 Å². The van der Waals surface area contributed by atoms with Crippen LogP contribution in [0, 0.1) is 0 Å². The molecule has 0 radical (unpaired) electrons. The predicted molar refractivity (Wildman–Crippen MR) is 56.0 cm³/mol. The maximum absolute atomic E-state index is 9.59. The van der Waals surface area contributed by atoms with Gasteiger partial charge in [-0.15, -0.1) is 0 Å². The van der Waals surface area contributed by atoms with Crippen molar-refractivity contribution in [2.45, 2.75) is 19.4 Å². The van der Waals surface area contributed by atoms with E-state index in [4.69, 9.17) is 4.42 Å². The van der Waals surface area contributed by atoms with Gasteiger partial charge < -0.3 is 14.8 Å². The number of rotatable bonds is 6. The Labute approximate surface area is 84.4 Å². The number of aliphatic hydroxyl groups excluding tert-OH is 1. The van der Waals surface area contributed by atoms with Gasteiger partial charge in [0.2, 0.25) is 0 Å². The molecular weight excluding hydrogens is 178 g/mol. The largest absolute Gasteiger partial charge is 0.467 e. The molecule has 0 bridgehead atoms. The topological polar surface area (TPSA) is 45.4 Å². The third-order valence-corrected chi connectivity index (χ3v) is 1.93. The summed E-state index contributed by atoms with van der Waals surface area (Å²) < 4.78 is 5.07. The molecule has 14 heavy (non-hydrogen) atoms. The maximum Gasteiger partial charge on any atom is 0.133 e. The summed E-state index contributed by atoms with van der Waals surface area (Å²) in [6.07, 6.45) is 6.12. The zero-order chi connectivity index (χ0) is 10.2. The molecule has 1 rings (SSSR count). The van der Waals surface area contributed by atoms with E-state index in [0.717, 1.165) is 13.0 Å². The van der Waals surface area contributed by atoms with E-state index in [1.807, 2.05) is 13.0 Å². The summed E-state index contributed by atoms with van der Waals surface area (Å²) in [7, 11) is 0. The zero-order valence-corrected chi connectivity index (χ0v) is 8.44. The summed E-state index contributed by atoms with van der Waals surface area (Å²) in [4.78, 5) is 0. The maximum atomic E-state index is 9.59. The van der Waals surface area contributed by atoms with Crippen LogP contribution in [0.5, 0.6) is 0 Å². The van der Waals surface area contributed by atoms with Gasteiger partial charge in [-0.2, -0.15) is 0 Å². The quantitative estimate of drug-likeness (QED) is 0.538. The first-order valence-corrected chi connectivity index (χ1v) is 4.88. The van der Waals surface area contributed by atoms with Crippen molar-refractivity contribution >= 4 is 0 Å². The second-order valence-corrected chi connectivity index (χ2v) is 3.09. The van der Waals surface area contributed by atoms with Gasteiger partial charge in [0.25, 0.3) is 0 Å². The lowest BCUT2D eigenvalue weighted by molar-refractivity contribution is 0.148. The molecule has 0 spiro atoms. The van der Waals surface area contributed by atoms with Gasteiger partial charge >= 0.3 is 0 Å². The van der Waals surface area contributed by atoms with Crippen LogP contribution in [-0.2, 0) is 0 Å². The fraction of sp³-hybridized carbons (Fsp3) is 0.455. The molecule has 1 unspecified atom stereocenters. The smallest absolute Gasteiger partial charge is 0.133 e. The number of hydrogen-bond acceptors (Lipinski definition) is 3. The fourth-order valence-electron chi connectivity index (χ4n) is 1.17. The molecule has 0 saturated heterocycles. The van der Waals surface area contributed by atoms with Crippen LogP contribution in [0.2, 0.25) is 0 Å². The third kappa shape index (κ3) is 3.77. The van der Waals surface area contributed by atoms with Crippen molar-refractivity contribution in [3.05, 3.63) is 36.3 Å². The van der Waals surface area contributed by atoms with Gasteiger partial charge in [-0.1, -0.05) is 12.2 Å². The number of hydrogen-bond donors (Lipinski definition) is 2. The molecule has 1 heterocycles. The summed E-state index contributed by atoms with van der Waals surface area (Å²) in [5.74, 6) is 0.614. The van der Waals surface area contributed by atoms with Crippen molar-refractivity contribution in [1.29, 1.82) is 0 Å². The SMILES string of the molecule is C/C=C/CCNCC(O)c1ccco1. The first-order chi connectivity index (χ1) is 6.84. The first-order valence-electron chi connectivity index (χ1n) is 4.88. The molecular formula is C11H17NO2. The number of nitrogens with one attached hydrogen (secondary N) is 1. The summed E-state index contributed by atoms with van der Waals surface area (Å²) in [5.41, 5.74) is 0. The summed E-state index contributed by atoms with van der Waals surface area (Å²) in [5, 5.41) is 12.7. The molecule has 1 atom stereocenters. The van der Waals surface area contributed by atoms with E-state index < -0.39 is 6.10 Å². The molecule has 1 aromatic heterocycles. The Morgan fingerprint density at radius 3 is 3.14 bits per heavy atom. The van der Waals surface area contributed by atoms with Crippen molar-refractivity contribution in [1.82, 2.24) is 5.32 Å². The lowest BCUT2D eigenvalue weighted by atomic mass is 10.2. The number of furan rings is 1. The highest BCUT2D eigenvalue weighted by Gasteiger charge is 2.08. The predicted octanol–water partition coefficient (Wildman–Crippen LogP) is 1.87. The molecule has 1 aromatic rings. The minimum absolute atomic E-state index is 0.533. The molecule has 78 valence electrons. The molecule has 0 aliphatic heterocycles. The van der Waals surface area contributed by atoms with Crippen LogP contribution in [0.3, 0.4) is 0 Å². The first kappa shape index (κ1) is 11.0. The van der Waals surface area contributed by atoms with E-state index in [9.17, 15) is 5.11 Å². The van der Waals surface area contributed by atoms with Gasteiger partial charge in [-0.25, -0.2) is 0 Å². The molecule has 0 saturated carbocycles. The normalized spacial score (nSPS) is 13.6. The summed E-state index contributed by atoms with van der Waals surface area (Å²) in [6, 6.07) is 3.55. The molecule has 2 N–H and O–H groups in total. The van der Waals surface area contributed by atoms with E-state index in [0.29, 0.717) is 12.3 Å². The highest BCUT2D eigenvalue weighted by Crippen LogP contribution is 2.11. The van der Waals surface area contributed by atoms with Crippen LogP contribution in [0.15, 0.2) is 35.0 Å². The average Bonchev–Trinajstić information content (AvgIpc) is 2.70. The van der Waals surface area contributed by atoms with Gasteiger partial charge in [-0.3, -0.25) is 0 Å². The van der Waals surface area contributed by atoms with Crippen molar-refractivity contribution in [3.63, 3.8) is 0 Å². The molecule has 0 aliphatic rings. The average molecular weight is 195 g/mol. The second kappa shape index (κ2) is 6.40. The molecule has 3 nitrogen and oxygen atoms in total. The van der Waals surface area contributed by atoms with Crippen molar-refractivity contribution in [2.75, 3.05) is 13.1 Å². The van der Waals surface area contributed by atoms with Crippen molar-refractivity contribution in [2.24, 2.45) is 0 Å². The summed E-state index contributed by atoms with van der Waals surface area (Å²) in [6.45, 7) is 3.41. The molecule has 0 aliphatic carbocycles. The van der Waals surface area contributed by atoms with Crippen LogP contribution in [0.25, 0.3) is 0 Å². The second-order valence-electron chi connectivity index (χ2n) is 3.09. The van der Waals surface area contributed by atoms with Gasteiger partial charge in [0, 0.05) is 6.54 Å². The Morgan fingerprint density at radius 1 is 1.64 bits per heavy atom. The van der Waals surface area contributed by atoms with E-state index in [1.165, 1.54) is 0 Å². The van der Waals surface area contributed by atoms with Gasteiger partial charge in [-0.05, 0) is 32.0 Å². The van der Waals surface area contributed by atoms with Crippen LogP contribution >= 0.6 is 0 Å². The van der Waals surface area contributed by atoms with Gasteiger partial charge in [0.05, 0.1) is 6.26 Å². The minimum atomic E-state index is -0.546. The van der Waals surface area contributed by atoms with E-state index >= 15 is 0 Å². The van der Waals surface area contributed by atoms with Crippen LogP contribution in [0.4, 0.5) is 0 Å². The van der Waals surface area contributed by atoms with E-state index in [-0.39, 0.29) is 0 Å². The monoisotopic (exact) mass is 195 g/mol. The Hall–Kier alpha value is -1.06. The van der Waals surface area contributed by atoms with Crippen LogP contribution in [-0.4, -0.2) is 18.2 Å². The van der Waals surface area contributed by atoms with E-state index in [2.05, 4.69) is 11.4 Å². The molecule has 0 amide bonds. The molecule has 0 fully saturated rings. The number of allylic oxidation sites excluding steroid dienone is 1. The van der Waals surface area contributed by atoms with Crippen molar-refractivity contribution < 1.29 is 9.52 Å². The Bertz CT molecular complexity index is 254. The van der Waals surface area contributed by atoms with Crippen LogP contribution in [0.1, 0.15) is 25.2 Å². The Morgan fingerprint density at radius 2 is 2.50 bits per heavy atom. The zero-order valence-electron chi connectivity index (χ0n) is 8.44. The lowest BCUT2D eigenvalue weighted by Gasteiger charge is -2.08. The van der Waals surface area contributed by atoms with Crippen LogP contribution < -0.4 is 5.32 Å². The summed E-state index contributed by atoms with van der Waals surface area (Å²) >= 11 is 0. The van der Waals surface area contributed by atoms with Gasteiger partial charge in [0.15, 0.2) is 0 Å². The van der Waals surface area contributed by atoms with Gasteiger partial charge in [0.1, 0.15) is 11.9 Å². The number of aliphatic hydroxyl groups is 1. The highest BCUT2D eigenvalue weighted by molar-refractivity contribution is 5.02. The third-order valence-electron chi connectivity index (χ3n) is 1.93. The van der Waals surface area contributed by atoms with Crippen molar-refractivity contribution in [3.8, 4) is 0 Å². The Kier molecular flexibility index (Phi) is 5.04. The highest BCUT2D eigenvalue weighted by atomic mass is 16.4. The Balaban J connectivity index is 2.13. The standard InChI is InChI=1S/C11H17NO2/c1-2-3-4-7-12-9-10(13)11-6-5-8-14-11/h2-3,5-6,8,10,12-13H,4,7,9H2,1H3/b3-2+. The fourth-order valence-corrected chi connectivity index (χ4v) is 1.17. The minimum Gasteiger partial charge on any atom is -0.467 e. The lowest BCUT2D eigenvalue weighted by Crippen LogP contribution is -2.21.